The van der Waals surface area contributed by atoms with Gasteiger partial charge in [-0.05, 0) is 57.6 Å². The van der Waals surface area contributed by atoms with Crippen LogP contribution in [-0.4, -0.2) is 77.4 Å². The highest BCUT2D eigenvalue weighted by Crippen LogP contribution is 2.20. The summed E-state index contributed by atoms with van der Waals surface area (Å²) in [6, 6.07) is 7.94. The van der Waals surface area contributed by atoms with Crippen LogP contribution in [0.25, 0.3) is 6.08 Å². The van der Waals surface area contributed by atoms with Crippen LogP contribution in [0.1, 0.15) is 43.0 Å². The molecule has 0 saturated carbocycles. The van der Waals surface area contributed by atoms with Crippen molar-refractivity contribution >= 4 is 12.0 Å². The first kappa shape index (κ1) is 23.4. The van der Waals surface area contributed by atoms with Gasteiger partial charge in [-0.1, -0.05) is 24.3 Å². The number of likely N-dealkylation sites (tertiary alicyclic amines) is 1. The molecule has 1 saturated heterocycles. The van der Waals surface area contributed by atoms with Crippen LogP contribution in [0.2, 0.25) is 0 Å². The fraction of sp³-hybridized carbons (Fsp3) is 0.560. The van der Waals surface area contributed by atoms with Gasteiger partial charge in [-0.3, -0.25) is 9.69 Å². The number of carbonyl (C=O) groups excluding carboxylic acids is 1. The summed E-state index contributed by atoms with van der Waals surface area (Å²) >= 11 is 0. The monoisotopic (exact) mass is 452 g/mol. The van der Waals surface area contributed by atoms with Gasteiger partial charge in [0.2, 0.25) is 5.91 Å². The third-order valence-electron chi connectivity index (χ3n) is 6.77. The van der Waals surface area contributed by atoms with Crippen LogP contribution < -0.4 is 10.1 Å². The number of nitrogens with zero attached hydrogens (tertiary/aromatic N) is 5. The lowest BCUT2D eigenvalue weighted by Crippen LogP contribution is -2.40. The number of benzene rings is 1. The molecule has 4 rings (SSSR count). The molecule has 2 aliphatic heterocycles. The van der Waals surface area contributed by atoms with Crippen LogP contribution in [0.5, 0.6) is 5.75 Å². The van der Waals surface area contributed by atoms with Gasteiger partial charge >= 0.3 is 0 Å². The fourth-order valence-electron chi connectivity index (χ4n) is 4.61. The van der Waals surface area contributed by atoms with Crippen molar-refractivity contribution < 1.29 is 9.53 Å². The van der Waals surface area contributed by atoms with Gasteiger partial charge in [0, 0.05) is 38.5 Å². The average Bonchev–Trinajstić information content (AvgIpc) is 3.13. The van der Waals surface area contributed by atoms with E-state index in [1.54, 1.807) is 7.11 Å². The number of piperidine rings is 1. The Labute approximate surface area is 196 Å². The summed E-state index contributed by atoms with van der Waals surface area (Å²) in [5.41, 5.74) is 1.17. The van der Waals surface area contributed by atoms with E-state index >= 15 is 0 Å². The highest BCUT2D eigenvalue weighted by atomic mass is 16.5. The van der Waals surface area contributed by atoms with Gasteiger partial charge in [0.15, 0.2) is 5.82 Å². The number of amides is 1. The molecule has 1 atom stereocenters. The summed E-state index contributed by atoms with van der Waals surface area (Å²) in [5.74, 6) is 2.99. The molecule has 33 heavy (non-hydrogen) atoms. The van der Waals surface area contributed by atoms with Gasteiger partial charge in [-0.25, -0.2) is 0 Å². The second kappa shape index (κ2) is 10.9. The SMILES string of the molecule is COc1ccc(/C=C/CN2CCc3nnc(C(C)NC(=O)C4CCN(C)CC4)n3CC2)cc1. The maximum atomic E-state index is 12.8. The zero-order valence-electron chi connectivity index (χ0n) is 20.0. The van der Waals surface area contributed by atoms with Crippen LogP contribution in [0.3, 0.4) is 0 Å². The Balaban J connectivity index is 1.30. The first-order valence-corrected chi connectivity index (χ1v) is 12.0. The second-order valence-electron chi connectivity index (χ2n) is 9.16. The van der Waals surface area contributed by atoms with E-state index in [1.807, 2.05) is 19.1 Å². The zero-order valence-corrected chi connectivity index (χ0v) is 20.0. The number of fused-ring (bicyclic) bond motifs is 1. The molecule has 0 radical (unpaired) electrons. The molecule has 8 heteroatoms. The summed E-state index contributed by atoms with van der Waals surface area (Å²) in [6.45, 7) is 7.59. The van der Waals surface area contributed by atoms with E-state index in [2.05, 4.69) is 61.2 Å². The van der Waals surface area contributed by atoms with E-state index in [-0.39, 0.29) is 17.9 Å². The molecular formula is C25H36N6O2. The van der Waals surface area contributed by atoms with Gasteiger partial charge in [0.25, 0.3) is 0 Å². The van der Waals surface area contributed by atoms with E-state index in [9.17, 15) is 4.79 Å². The molecule has 178 valence electrons. The molecule has 3 heterocycles. The fourth-order valence-corrected chi connectivity index (χ4v) is 4.61. The molecule has 2 aliphatic rings. The third-order valence-corrected chi connectivity index (χ3v) is 6.77. The van der Waals surface area contributed by atoms with E-state index in [1.165, 1.54) is 5.56 Å². The molecular weight excluding hydrogens is 416 g/mol. The standard InChI is InChI=1S/C25H36N6O2/c1-19(26-25(32)21-10-14-29(2)15-11-21)24-28-27-23-12-16-30(17-18-31(23)24)13-4-5-20-6-8-22(33-3)9-7-20/h4-9,19,21H,10-18H2,1-3H3,(H,26,32)/b5-4+. The maximum absolute atomic E-state index is 12.8. The highest BCUT2D eigenvalue weighted by molar-refractivity contribution is 5.79. The number of nitrogens with one attached hydrogen (secondary N) is 1. The number of methoxy groups -OCH3 is 1. The number of ether oxygens (including phenoxy) is 1. The predicted molar refractivity (Wildman–Crippen MR) is 129 cm³/mol. The maximum Gasteiger partial charge on any atom is 0.223 e. The van der Waals surface area contributed by atoms with Crippen LogP contribution in [-0.2, 0) is 17.8 Å². The van der Waals surface area contributed by atoms with Crippen molar-refractivity contribution in [1.29, 1.82) is 0 Å². The van der Waals surface area contributed by atoms with Gasteiger partial charge in [0.1, 0.15) is 11.6 Å². The van der Waals surface area contributed by atoms with Crippen LogP contribution >= 0.6 is 0 Å². The van der Waals surface area contributed by atoms with Crippen molar-refractivity contribution in [3.05, 3.63) is 47.6 Å². The summed E-state index contributed by atoms with van der Waals surface area (Å²) < 4.78 is 7.42. The van der Waals surface area contributed by atoms with Gasteiger partial charge in [-0.2, -0.15) is 0 Å². The summed E-state index contributed by atoms with van der Waals surface area (Å²) in [6.07, 6.45) is 7.06. The van der Waals surface area contributed by atoms with E-state index < -0.39 is 0 Å². The molecule has 1 aromatic heterocycles. The normalized spacial score (nSPS) is 19.2. The number of aromatic nitrogens is 3. The van der Waals surface area contributed by atoms with Crippen molar-refractivity contribution in [2.24, 2.45) is 5.92 Å². The Morgan fingerprint density at radius 3 is 2.64 bits per heavy atom. The van der Waals surface area contributed by atoms with E-state index in [4.69, 9.17) is 4.74 Å². The quantitative estimate of drug-likeness (QED) is 0.695. The first-order chi connectivity index (χ1) is 16.0. The van der Waals surface area contributed by atoms with Gasteiger partial charge < -0.3 is 19.5 Å². The Morgan fingerprint density at radius 1 is 1.15 bits per heavy atom. The zero-order chi connectivity index (χ0) is 23.2. The van der Waals surface area contributed by atoms with Crippen LogP contribution in [0, 0.1) is 5.92 Å². The number of hydrogen-bond acceptors (Lipinski definition) is 6. The second-order valence-corrected chi connectivity index (χ2v) is 9.16. The minimum absolute atomic E-state index is 0.100. The highest BCUT2D eigenvalue weighted by Gasteiger charge is 2.27. The Morgan fingerprint density at radius 2 is 1.91 bits per heavy atom. The lowest BCUT2D eigenvalue weighted by Gasteiger charge is -2.29. The van der Waals surface area contributed by atoms with Crippen molar-refractivity contribution in [3.63, 3.8) is 0 Å². The summed E-state index contributed by atoms with van der Waals surface area (Å²) in [5, 5.41) is 12.1. The Kier molecular flexibility index (Phi) is 7.77. The average molecular weight is 453 g/mol. The first-order valence-electron chi connectivity index (χ1n) is 12.0. The molecule has 1 N–H and O–H groups in total. The minimum Gasteiger partial charge on any atom is -0.497 e. The van der Waals surface area contributed by atoms with E-state index in [0.29, 0.717) is 0 Å². The van der Waals surface area contributed by atoms with E-state index in [0.717, 1.165) is 75.9 Å². The third kappa shape index (κ3) is 6.00. The lowest BCUT2D eigenvalue weighted by atomic mass is 9.96. The molecule has 1 unspecified atom stereocenters. The Bertz CT molecular complexity index is 946. The topological polar surface area (TPSA) is 75.5 Å². The van der Waals surface area contributed by atoms with Crippen molar-refractivity contribution in [1.82, 2.24) is 29.9 Å². The van der Waals surface area contributed by atoms with Gasteiger partial charge in [0.05, 0.1) is 13.2 Å². The predicted octanol–water partition coefficient (Wildman–Crippen LogP) is 2.38. The summed E-state index contributed by atoms with van der Waals surface area (Å²) in [7, 11) is 3.79. The Hall–Kier alpha value is -2.71. The molecule has 1 amide bonds. The number of carbonyl (C=O) groups is 1. The van der Waals surface area contributed by atoms with Crippen molar-refractivity contribution in [2.75, 3.05) is 46.9 Å². The number of hydrogen-bond donors (Lipinski definition) is 1. The molecule has 0 bridgehead atoms. The smallest absolute Gasteiger partial charge is 0.223 e. The molecule has 8 nitrogen and oxygen atoms in total. The summed E-state index contributed by atoms with van der Waals surface area (Å²) in [4.78, 5) is 17.5. The number of rotatable bonds is 7. The molecule has 1 fully saturated rings. The lowest BCUT2D eigenvalue weighted by molar-refractivity contribution is -0.127. The largest absolute Gasteiger partial charge is 0.497 e. The van der Waals surface area contributed by atoms with Crippen molar-refractivity contribution in [2.45, 2.75) is 38.8 Å². The van der Waals surface area contributed by atoms with Crippen molar-refractivity contribution in [3.8, 4) is 5.75 Å². The van der Waals surface area contributed by atoms with Gasteiger partial charge in [-0.15, -0.1) is 10.2 Å². The minimum atomic E-state index is -0.139. The molecule has 0 spiro atoms. The molecule has 2 aromatic rings. The van der Waals surface area contributed by atoms with Crippen LogP contribution in [0.4, 0.5) is 0 Å². The molecule has 0 aliphatic carbocycles. The molecule has 1 aromatic carbocycles. The van der Waals surface area contributed by atoms with Crippen LogP contribution in [0.15, 0.2) is 30.3 Å².